The first-order valence-corrected chi connectivity index (χ1v) is 6.51. The Balaban J connectivity index is 2.02. The van der Waals surface area contributed by atoms with Crippen molar-refractivity contribution in [2.75, 3.05) is 17.7 Å². The highest BCUT2D eigenvalue weighted by Crippen LogP contribution is 2.18. The van der Waals surface area contributed by atoms with Gasteiger partial charge in [0.2, 0.25) is 5.95 Å². The smallest absolute Gasteiger partial charge is 0.224 e. The molecule has 0 fully saturated rings. The van der Waals surface area contributed by atoms with E-state index in [4.69, 9.17) is 0 Å². The molecule has 0 aliphatic heterocycles. The van der Waals surface area contributed by atoms with Gasteiger partial charge in [-0.2, -0.15) is 4.98 Å². The first-order chi connectivity index (χ1) is 8.33. The van der Waals surface area contributed by atoms with Crippen molar-refractivity contribution in [3.05, 3.63) is 34.2 Å². The van der Waals surface area contributed by atoms with Crippen LogP contribution in [0.25, 0.3) is 0 Å². The van der Waals surface area contributed by atoms with Gasteiger partial charge in [-0.25, -0.2) is 4.98 Å². The van der Waals surface area contributed by atoms with Crippen molar-refractivity contribution in [1.82, 2.24) is 9.97 Å². The van der Waals surface area contributed by atoms with Crippen molar-refractivity contribution in [2.45, 2.75) is 19.9 Å². The molecule has 0 bridgehead atoms. The van der Waals surface area contributed by atoms with E-state index in [0.29, 0.717) is 5.95 Å². The number of aryl methyl sites for hydroxylation is 1. The molecule has 2 rings (SSSR count). The highest BCUT2D eigenvalue weighted by Gasteiger charge is 2.03. The first-order valence-electron chi connectivity index (χ1n) is 5.63. The minimum Gasteiger partial charge on any atom is -0.365 e. The highest BCUT2D eigenvalue weighted by atomic mass is 32.1. The maximum Gasteiger partial charge on any atom is 0.224 e. The summed E-state index contributed by atoms with van der Waals surface area (Å²) in [5.74, 6) is 1.48. The number of rotatable bonds is 5. The number of nitrogens with one attached hydrogen (secondary N) is 2. The van der Waals surface area contributed by atoms with Crippen LogP contribution in [0.1, 0.15) is 17.4 Å². The van der Waals surface area contributed by atoms with Crippen LogP contribution in [0.4, 0.5) is 11.8 Å². The molecule has 17 heavy (non-hydrogen) atoms. The molecule has 2 heterocycles. The van der Waals surface area contributed by atoms with Crippen LogP contribution in [0.15, 0.2) is 23.7 Å². The molecule has 2 aromatic rings. The summed E-state index contributed by atoms with van der Waals surface area (Å²) in [4.78, 5) is 9.77. The number of anilines is 2. The lowest BCUT2D eigenvalue weighted by Crippen LogP contribution is -2.04. The minimum absolute atomic E-state index is 0.636. The Kier molecular flexibility index (Phi) is 3.93. The molecule has 0 saturated carbocycles. The summed E-state index contributed by atoms with van der Waals surface area (Å²) in [7, 11) is 1.81. The zero-order chi connectivity index (χ0) is 12.1. The molecule has 0 aliphatic carbocycles. The van der Waals surface area contributed by atoms with Gasteiger partial charge in [0.25, 0.3) is 0 Å². The number of hydrogen-bond acceptors (Lipinski definition) is 5. The van der Waals surface area contributed by atoms with Gasteiger partial charge in [0.05, 0.1) is 6.54 Å². The van der Waals surface area contributed by atoms with E-state index < -0.39 is 0 Å². The van der Waals surface area contributed by atoms with Crippen molar-refractivity contribution < 1.29 is 0 Å². The second kappa shape index (κ2) is 5.63. The average molecular weight is 248 g/mol. The second-order valence-corrected chi connectivity index (χ2v) is 4.59. The lowest BCUT2D eigenvalue weighted by molar-refractivity contribution is 1.05. The molecular formula is C12H16N4S. The van der Waals surface area contributed by atoms with Gasteiger partial charge in [0.15, 0.2) is 0 Å². The largest absolute Gasteiger partial charge is 0.365 e. The van der Waals surface area contributed by atoms with E-state index in [0.717, 1.165) is 18.8 Å². The van der Waals surface area contributed by atoms with Crippen molar-refractivity contribution in [3.63, 3.8) is 0 Å². The Bertz CT molecular complexity index is 481. The van der Waals surface area contributed by atoms with Crippen LogP contribution in [0.5, 0.6) is 0 Å². The Labute approximate surface area is 105 Å². The van der Waals surface area contributed by atoms with Crippen molar-refractivity contribution >= 4 is 23.1 Å². The Morgan fingerprint density at radius 2 is 2.24 bits per heavy atom. The summed E-state index contributed by atoms with van der Waals surface area (Å²) in [5.41, 5.74) is 1.41. The zero-order valence-corrected chi connectivity index (χ0v) is 10.8. The topological polar surface area (TPSA) is 49.8 Å². The van der Waals surface area contributed by atoms with Crippen molar-refractivity contribution in [1.29, 1.82) is 0 Å². The molecule has 0 aliphatic rings. The van der Waals surface area contributed by atoms with Crippen LogP contribution in [-0.2, 0) is 13.0 Å². The van der Waals surface area contributed by atoms with Crippen LogP contribution in [0.3, 0.4) is 0 Å². The minimum atomic E-state index is 0.636. The predicted octanol–water partition coefficient (Wildman–Crippen LogP) is 2.75. The van der Waals surface area contributed by atoms with Crippen molar-refractivity contribution in [3.8, 4) is 0 Å². The monoisotopic (exact) mass is 248 g/mol. The van der Waals surface area contributed by atoms with Crippen molar-refractivity contribution in [2.24, 2.45) is 0 Å². The second-order valence-electron chi connectivity index (χ2n) is 3.59. The van der Waals surface area contributed by atoms with Gasteiger partial charge in [-0.15, -0.1) is 11.3 Å². The molecule has 0 radical (unpaired) electrons. The standard InChI is InChI=1S/C12H16N4S/c1-3-9-5-7-17-10(9)8-15-11-4-6-14-12(13-2)16-11/h4-7H,3,8H2,1-2H3,(H2,13,14,15,16). The molecule has 90 valence electrons. The predicted molar refractivity (Wildman–Crippen MR) is 72.6 cm³/mol. The molecular weight excluding hydrogens is 232 g/mol. The molecule has 0 spiro atoms. The van der Waals surface area contributed by atoms with Gasteiger partial charge in [-0.3, -0.25) is 0 Å². The molecule has 0 amide bonds. The normalized spacial score (nSPS) is 10.2. The highest BCUT2D eigenvalue weighted by molar-refractivity contribution is 7.10. The molecule has 4 nitrogen and oxygen atoms in total. The molecule has 0 aromatic carbocycles. The summed E-state index contributed by atoms with van der Waals surface area (Å²) in [5, 5.41) is 8.37. The third-order valence-corrected chi connectivity index (χ3v) is 3.49. The lowest BCUT2D eigenvalue weighted by atomic mass is 10.2. The first kappa shape index (κ1) is 11.9. The van der Waals surface area contributed by atoms with Gasteiger partial charge in [0, 0.05) is 18.1 Å². The SMILES string of the molecule is CCc1ccsc1CNc1ccnc(NC)n1. The van der Waals surface area contributed by atoms with E-state index in [2.05, 4.69) is 39.0 Å². The number of aromatic nitrogens is 2. The number of hydrogen-bond donors (Lipinski definition) is 2. The summed E-state index contributed by atoms with van der Waals surface area (Å²) in [6.45, 7) is 3.00. The fourth-order valence-electron chi connectivity index (χ4n) is 1.59. The number of thiophene rings is 1. The van der Waals surface area contributed by atoms with Gasteiger partial charge in [-0.1, -0.05) is 6.92 Å². The van der Waals surface area contributed by atoms with Crippen LogP contribution in [0, 0.1) is 0 Å². The quantitative estimate of drug-likeness (QED) is 0.854. The number of nitrogens with zero attached hydrogens (tertiary/aromatic N) is 2. The van der Waals surface area contributed by atoms with Gasteiger partial charge >= 0.3 is 0 Å². The third-order valence-electron chi connectivity index (χ3n) is 2.53. The third kappa shape index (κ3) is 2.94. The zero-order valence-electron chi connectivity index (χ0n) is 10.0. The summed E-state index contributed by atoms with van der Waals surface area (Å²) < 4.78 is 0. The Morgan fingerprint density at radius 3 is 3.00 bits per heavy atom. The van der Waals surface area contributed by atoms with Crippen LogP contribution in [-0.4, -0.2) is 17.0 Å². The van der Waals surface area contributed by atoms with Crippen LogP contribution >= 0.6 is 11.3 Å². The summed E-state index contributed by atoms with van der Waals surface area (Å²) in [6.07, 6.45) is 2.82. The van der Waals surface area contributed by atoms with Crippen LogP contribution < -0.4 is 10.6 Å². The van der Waals surface area contributed by atoms with E-state index in [1.807, 2.05) is 13.1 Å². The fraction of sp³-hybridized carbons (Fsp3) is 0.333. The summed E-state index contributed by atoms with van der Waals surface area (Å²) >= 11 is 1.78. The Morgan fingerprint density at radius 1 is 1.35 bits per heavy atom. The molecule has 2 N–H and O–H groups in total. The van der Waals surface area contributed by atoms with Gasteiger partial charge in [-0.05, 0) is 29.5 Å². The molecule has 2 aromatic heterocycles. The van der Waals surface area contributed by atoms with E-state index in [1.54, 1.807) is 17.5 Å². The average Bonchev–Trinajstić information content (AvgIpc) is 2.84. The van der Waals surface area contributed by atoms with Gasteiger partial charge < -0.3 is 10.6 Å². The van der Waals surface area contributed by atoms with E-state index >= 15 is 0 Å². The van der Waals surface area contributed by atoms with E-state index in [9.17, 15) is 0 Å². The Hall–Kier alpha value is -1.62. The van der Waals surface area contributed by atoms with Crippen LogP contribution in [0.2, 0.25) is 0 Å². The lowest BCUT2D eigenvalue weighted by Gasteiger charge is -2.06. The van der Waals surface area contributed by atoms with E-state index in [-0.39, 0.29) is 0 Å². The van der Waals surface area contributed by atoms with Gasteiger partial charge in [0.1, 0.15) is 5.82 Å². The maximum atomic E-state index is 4.32. The molecule has 5 heteroatoms. The van der Waals surface area contributed by atoms with E-state index in [1.165, 1.54) is 10.4 Å². The molecule has 0 atom stereocenters. The summed E-state index contributed by atoms with van der Waals surface area (Å²) in [6, 6.07) is 4.06. The maximum absolute atomic E-state index is 4.32. The fourth-order valence-corrected chi connectivity index (χ4v) is 2.50. The molecule has 0 unspecified atom stereocenters. The molecule has 0 saturated heterocycles.